The van der Waals surface area contributed by atoms with Gasteiger partial charge in [-0.15, -0.1) is 16.2 Å². The number of nitrogens with two attached hydrogens (primary N) is 1. The van der Waals surface area contributed by atoms with Crippen molar-refractivity contribution in [2.45, 2.75) is 49.4 Å². The van der Waals surface area contributed by atoms with Crippen molar-refractivity contribution in [3.8, 4) is 0 Å². The van der Waals surface area contributed by atoms with E-state index in [2.05, 4.69) is 4.83 Å². The zero-order valence-electron chi connectivity index (χ0n) is 10.6. The molecule has 1 aliphatic heterocycles. The third-order valence-corrected chi connectivity index (χ3v) is 6.07. The highest BCUT2D eigenvalue weighted by atomic mass is 32.2. The summed E-state index contributed by atoms with van der Waals surface area (Å²) in [5, 5.41) is 3.48. The lowest BCUT2D eigenvalue weighted by molar-refractivity contribution is 0.0791. The van der Waals surface area contributed by atoms with Crippen LogP contribution in [0.1, 0.15) is 33.1 Å². The van der Waals surface area contributed by atoms with E-state index < -0.39 is 10.0 Å². The summed E-state index contributed by atoms with van der Waals surface area (Å²) >= 11 is 1.15. The Morgan fingerprint density at radius 3 is 2.50 bits per heavy atom. The van der Waals surface area contributed by atoms with Gasteiger partial charge in [-0.3, -0.25) is 0 Å². The van der Waals surface area contributed by atoms with E-state index in [9.17, 15) is 8.42 Å². The van der Waals surface area contributed by atoms with Gasteiger partial charge in [-0.1, -0.05) is 6.42 Å². The number of nitrogens with zero attached hydrogens (tertiary/aromatic N) is 1. The number of nitrogen functional groups attached to an aromatic ring is 1. The molecule has 2 unspecified atom stereocenters. The quantitative estimate of drug-likeness (QED) is 0.889. The van der Waals surface area contributed by atoms with Gasteiger partial charge in [0.15, 0.2) is 0 Å². The van der Waals surface area contributed by atoms with Gasteiger partial charge in [0, 0.05) is 23.2 Å². The van der Waals surface area contributed by atoms with Crippen LogP contribution in [0.3, 0.4) is 0 Å². The van der Waals surface area contributed by atoms with E-state index >= 15 is 0 Å². The van der Waals surface area contributed by atoms with Crippen molar-refractivity contribution in [3.63, 3.8) is 0 Å². The number of anilines is 1. The maximum atomic E-state index is 12.2. The molecule has 0 bridgehead atoms. The highest BCUT2D eigenvalue weighted by Crippen LogP contribution is 2.25. The predicted octanol–water partition coefficient (Wildman–Crippen LogP) is 1.79. The lowest BCUT2D eigenvalue weighted by atomic mass is 10.0. The Bertz CT molecular complexity index is 502. The lowest BCUT2D eigenvalue weighted by Crippen LogP contribution is -2.53. The molecule has 0 radical (unpaired) electrons. The Kier molecular flexibility index (Phi) is 3.96. The Morgan fingerprint density at radius 2 is 2.00 bits per heavy atom. The van der Waals surface area contributed by atoms with Crippen molar-refractivity contribution in [2.24, 2.45) is 0 Å². The molecule has 2 atom stereocenters. The van der Waals surface area contributed by atoms with E-state index in [1.807, 2.05) is 18.9 Å². The Labute approximate surface area is 112 Å². The Hall–Kier alpha value is -0.630. The molecular weight excluding hydrogens is 270 g/mol. The number of nitrogens with one attached hydrogen (secondary N) is 1. The molecule has 18 heavy (non-hydrogen) atoms. The molecular formula is C11H19N3O2S2. The number of sulfonamides is 1. The highest BCUT2D eigenvalue weighted by Gasteiger charge is 2.29. The minimum Gasteiger partial charge on any atom is -0.398 e. The topological polar surface area (TPSA) is 75.4 Å². The van der Waals surface area contributed by atoms with Gasteiger partial charge in [0.25, 0.3) is 10.0 Å². The summed E-state index contributed by atoms with van der Waals surface area (Å²) in [6.45, 7) is 4.09. The van der Waals surface area contributed by atoms with Crippen LogP contribution < -0.4 is 10.6 Å². The van der Waals surface area contributed by atoms with Crippen molar-refractivity contribution in [3.05, 3.63) is 11.4 Å². The van der Waals surface area contributed by atoms with Gasteiger partial charge in [-0.2, -0.15) is 0 Å². The van der Waals surface area contributed by atoms with Crippen LogP contribution in [0.2, 0.25) is 0 Å². The lowest BCUT2D eigenvalue weighted by Gasteiger charge is -2.38. The first-order valence-electron chi connectivity index (χ1n) is 6.05. The molecule has 1 fully saturated rings. The van der Waals surface area contributed by atoms with Crippen molar-refractivity contribution in [1.29, 1.82) is 0 Å². The van der Waals surface area contributed by atoms with Crippen LogP contribution in [0.5, 0.6) is 0 Å². The number of thiophene rings is 1. The van der Waals surface area contributed by atoms with Gasteiger partial charge < -0.3 is 5.73 Å². The van der Waals surface area contributed by atoms with Crippen molar-refractivity contribution in [1.82, 2.24) is 9.84 Å². The Balaban J connectivity index is 2.17. The van der Waals surface area contributed by atoms with E-state index in [4.69, 9.17) is 5.73 Å². The third kappa shape index (κ3) is 2.85. The van der Waals surface area contributed by atoms with Crippen LogP contribution in [0.4, 0.5) is 5.69 Å². The highest BCUT2D eigenvalue weighted by molar-refractivity contribution is 7.91. The van der Waals surface area contributed by atoms with Gasteiger partial charge in [0.1, 0.15) is 4.21 Å². The molecule has 0 spiro atoms. The molecule has 0 aromatic carbocycles. The summed E-state index contributed by atoms with van der Waals surface area (Å²) < 4.78 is 24.7. The fourth-order valence-electron chi connectivity index (χ4n) is 2.26. The first-order valence-corrected chi connectivity index (χ1v) is 8.41. The summed E-state index contributed by atoms with van der Waals surface area (Å²) in [4.78, 5) is 2.68. The van der Waals surface area contributed by atoms with Gasteiger partial charge >= 0.3 is 0 Å². The second kappa shape index (κ2) is 5.16. The minimum absolute atomic E-state index is 0.223. The summed E-state index contributed by atoms with van der Waals surface area (Å²) in [6.07, 6.45) is 3.17. The first-order chi connectivity index (χ1) is 8.40. The number of hydrogen-bond acceptors (Lipinski definition) is 5. The number of hydrazine groups is 1. The van der Waals surface area contributed by atoms with E-state index in [0.29, 0.717) is 5.69 Å². The van der Waals surface area contributed by atoms with Crippen LogP contribution in [-0.4, -0.2) is 25.5 Å². The zero-order valence-corrected chi connectivity index (χ0v) is 12.2. The molecule has 2 rings (SSSR count). The van der Waals surface area contributed by atoms with E-state index in [1.54, 1.807) is 5.38 Å². The second-order valence-corrected chi connectivity index (χ2v) is 7.63. The maximum absolute atomic E-state index is 12.2. The van der Waals surface area contributed by atoms with Crippen LogP contribution in [0, 0.1) is 0 Å². The summed E-state index contributed by atoms with van der Waals surface area (Å²) in [7, 11) is -3.49. The second-order valence-electron chi connectivity index (χ2n) is 4.83. The number of rotatable bonds is 3. The minimum atomic E-state index is -3.49. The average Bonchev–Trinajstić information content (AvgIpc) is 2.71. The number of piperidine rings is 1. The molecule has 0 saturated carbocycles. The van der Waals surface area contributed by atoms with Gasteiger partial charge in [0.05, 0.1) is 0 Å². The molecule has 0 aliphatic carbocycles. The van der Waals surface area contributed by atoms with Gasteiger partial charge in [-0.05, 0) is 32.8 Å². The molecule has 1 aromatic heterocycles. The average molecular weight is 289 g/mol. The first kappa shape index (κ1) is 13.8. The summed E-state index contributed by atoms with van der Waals surface area (Å²) in [5.41, 5.74) is 6.05. The SMILES string of the molecule is CC1CCCC(C)N1NS(=O)(=O)c1cc(N)cs1. The van der Waals surface area contributed by atoms with Crippen LogP contribution in [0.15, 0.2) is 15.7 Å². The molecule has 2 heterocycles. The van der Waals surface area contributed by atoms with Gasteiger partial charge in [0.2, 0.25) is 0 Å². The Morgan fingerprint density at radius 1 is 1.39 bits per heavy atom. The van der Waals surface area contributed by atoms with Crippen LogP contribution >= 0.6 is 11.3 Å². The molecule has 5 nitrogen and oxygen atoms in total. The predicted molar refractivity (Wildman–Crippen MR) is 73.7 cm³/mol. The monoisotopic (exact) mass is 289 g/mol. The van der Waals surface area contributed by atoms with Crippen molar-refractivity contribution < 1.29 is 8.42 Å². The molecule has 1 saturated heterocycles. The van der Waals surface area contributed by atoms with Crippen LogP contribution in [0.25, 0.3) is 0 Å². The van der Waals surface area contributed by atoms with E-state index in [1.165, 1.54) is 6.07 Å². The summed E-state index contributed by atoms with van der Waals surface area (Å²) in [6, 6.07) is 1.94. The number of hydrogen-bond donors (Lipinski definition) is 2. The largest absolute Gasteiger partial charge is 0.398 e. The fourth-order valence-corrected chi connectivity index (χ4v) is 4.56. The van der Waals surface area contributed by atoms with Gasteiger partial charge in [-0.25, -0.2) is 13.4 Å². The molecule has 7 heteroatoms. The molecule has 102 valence electrons. The van der Waals surface area contributed by atoms with Crippen molar-refractivity contribution >= 4 is 27.0 Å². The van der Waals surface area contributed by atoms with E-state index in [-0.39, 0.29) is 16.3 Å². The fraction of sp³-hybridized carbons (Fsp3) is 0.636. The van der Waals surface area contributed by atoms with Crippen LogP contribution in [-0.2, 0) is 10.0 Å². The van der Waals surface area contributed by atoms with Crippen molar-refractivity contribution in [2.75, 3.05) is 5.73 Å². The third-order valence-electron chi connectivity index (χ3n) is 3.28. The normalized spacial score (nSPS) is 26.3. The molecule has 1 aliphatic rings. The zero-order chi connectivity index (χ0) is 13.3. The maximum Gasteiger partial charge on any atom is 0.263 e. The van der Waals surface area contributed by atoms with E-state index in [0.717, 1.165) is 30.6 Å². The standard InChI is InChI=1S/C11H19N3O2S2/c1-8-4-3-5-9(2)14(8)13-18(15,16)11-6-10(12)7-17-11/h6-9,13H,3-5,12H2,1-2H3. The molecule has 1 aromatic rings. The summed E-state index contributed by atoms with van der Waals surface area (Å²) in [5.74, 6) is 0. The smallest absolute Gasteiger partial charge is 0.263 e. The molecule has 0 amide bonds. The molecule has 3 N–H and O–H groups in total.